The van der Waals surface area contributed by atoms with Crippen LogP contribution >= 0.6 is 0 Å². The van der Waals surface area contributed by atoms with E-state index in [9.17, 15) is 26.7 Å². The fourth-order valence-electron chi connectivity index (χ4n) is 3.90. The Balaban J connectivity index is 1.38. The van der Waals surface area contributed by atoms with E-state index in [-0.39, 0.29) is 0 Å². The Kier molecular flexibility index (Phi) is 4.77. The Morgan fingerprint density at radius 1 is 1.09 bits per heavy atom. The number of fused-ring (bicyclic) bond motifs is 1. The van der Waals surface area contributed by atoms with E-state index in [0.717, 1.165) is 23.2 Å². The van der Waals surface area contributed by atoms with E-state index in [1.54, 1.807) is 18.6 Å². The van der Waals surface area contributed by atoms with Gasteiger partial charge in [-0.05, 0) is 42.0 Å². The van der Waals surface area contributed by atoms with Crippen LogP contribution in [0.4, 0.5) is 27.6 Å². The predicted molar refractivity (Wildman–Crippen MR) is 112 cm³/mol. The molecule has 2 N–H and O–H groups in total. The Morgan fingerprint density at radius 3 is 2.48 bits per heavy atom. The van der Waals surface area contributed by atoms with Crippen molar-refractivity contribution in [2.75, 3.05) is 5.32 Å². The summed E-state index contributed by atoms with van der Waals surface area (Å²) in [6, 6.07) is 10.1. The number of aromatic amines is 1. The van der Waals surface area contributed by atoms with Crippen LogP contribution in [0.3, 0.4) is 0 Å². The van der Waals surface area contributed by atoms with E-state index in [1.807, 2.05) is 18.2 Å². The molecule has 5 rings (SSSR count). The first-order valence-electron chi connectivity index (χ1n) is 10.1. The van der Waals surface area contributed by atoms with Gasteiger partial charge in [0.15, 0.2) is 0 Å². The first-order valence-corrected chi connectivity index (χ1v) is 10.1. The molecule has 0 unspecified atom stereocenters. The summed E-state index contributed by atoms with van der Waals surface area (Å²) in [5, 5.41) is 7.65. The normalized spacial score (nSPS) is 16.0. The van der Waals surface area contributed by atoms with Crippen LogP contribution in [0.1, 0.15) is 18.4 Å². The monoisotopic (exact) mass is 460 g/mol. The maximum Gasteiger partial charge on any atom is 0.416 e. The second-order valence-electron chi connectivity index (χ2n) is 8.13. The van der Waals surface area contributed by atoms with Crippen LogP contribution in [0.25, 0.3) is 27.7 Å². The molecule has 4 aromatic rings. The number of nitrogens with zero attached hydrogens (tertiary/aromatic N) is 2. The van der Waals surface area contributed by atoms with Gasteiger partial charge in [0.2, 0.25) is 11.8 Å². The average molecular weight is 460 g/mol. The smallest absolute Gasteiger partial charge is 0.359 e. The van der Waals surface area contributed by atoms with Gasteiger partial charge in [0, 0.05) is 47.6 Å². The van der Waals surface area contributed by atoms with Gasteiger partial charge in [0.05, 0.1) is 23.1 Å². The second kappa shape index (κ2) is 7.43. The van der Waals surface area contributed by atoms with Crippen LogP contribution in [0.2, 0.25) is 0 Å². The number of hydrogen-bond acceptors (Lipinski definition) is 2. The topological polar surface area (TPSA) is 62.7 Å². The number of benzene rings is 2. The van der Waals surface area contributed by atoms with Crippen LogP contribution in [0, 0.1) is 5.92 Å². The van der Waals surface area contributed by atoms with Gasteiger partial charge in [-0.25, -0.2) is 13.5 Å². The third kappa shape index (κ3) is 4.08. The quantitative estimate of drug-likeness (QED) is 0.366. The molecule has 1 amide bonds. The number of nitrogens with one attached hydrogen (secondary N) is 2. The van der Waals surface area contributed by atoms with Gasteiger partial charge in [-0.15, -0.1) is 0 Å². The first-order chi connectivity index (χ1) is 15.6. The number of H-pyrrole nitrogens is 1. The van der Waals surface area contributed by atoms with E-state index < -0.39 is 42.3 Å². The SMILES string of the molecule is O=C(Nc1c[nH]c2ccc(-c3cnn(-c4ccc(C(F)(F)F)cc4)c3)cc12)C1CC(F)(F)C1. The highest BCUT2D eigenvalue weighted by atomic mass is 19.4. The van der Waals surface area contributed by atoms with Gasteiger partial charge in [-0.1, -0.05) is 6.07 Å². The van der Waals surface area contributed by atoms with Crippen LogP contribution in [-0.4, -0.2) is 26.6 Å². The number of rotatable bonds is 4. The Labute approximate surface area is 184 Å². The van der Waals surface area contributed by atoms with Crippen molar-refractivity contribution in [1.82, 2.24) is 14.8 Å². The molecule has 1 fully saturated rings. The Morgan fingerprint density at radius 2 is 1.82 bits per heavy atom. The molecule has 0 atom stereocenters. The van der Waals surface area contributed by atoms with Crippen molar-refractivity contribution in [3.63, 3.8) is 0 Å². The lowest BCUT2D eigenvalue weighted by Gasteiger charge is -2.33. The van der Waals surface area contributed by atoms with Gasteiger partial charge in [0.25, 0.3) is 0 Å². The molecular formula is C23H17F5N4O. The van der Waals surface area contributed by atoms with E-state index in [0.29, 0.717) is 22.3 Å². The fourth-order valence-corrected chi connectivity index (χ4v) is 3.90. The third-order valence-corrected chi connectivity index (χ3v) is 5.78. The minimum Gasteiger partial charge on any atom is -0.359 e. The number of hydrogen-bond donors (Lipinski definition) is 2. The molecule has 0 saturated heterocycles. The number of aromatic nitrogens is 3. The summed E-state index contributed by atoms with van der Waals surface area (Å²) >= 11 is 0. The molecule has 0 radical (unpaired) electrons. The van der Waals surface area contributed by atoms with Crippen LogP contribution in [0.5, 0.6) is 0 Å². The zero-order chi connectivity index (χ0) is 23.4. The van der Waals surface area contributed by atoms with Crippen molar-refractivity contribution < 1.29 is 26.7 Å². The summed E-state index contributed by atoms with van der Waals surface area (Å²) in [6.45, 7) is 0. The number of carbonyl (C=O) groups is 1. The molecule has 170 valence electrons. The fraction of sp³-hybridized carbons (Fsp3) is 0.217. The van der Waals surface area contributed by atoms with Crippen molar-refractivity contribution >= 4 is 22.5 Å². The minimum atomic E-state index is -4.41. The molecule has 0 bridgehead atoms. The average Bonchev–Trinajstić information content (AvgIpc) is 3.39. The lowest BCUT2D eigenvalue weighted by Crippen LogP contribution is -2.42. The van der Waals surface area contributed by atoms with E-state index in [2.05, 4.69) is 15.4 Å². The number of halogens is 5. The molecule has 2 aromatic carbocycles. The lowest BCUT2D eigenvalue weighted by atomic mass is 9.81. The zero-order valence-corrected chi connectivity index (χ0v) is 17.0. The van der Waals surface area contributed by atoms with Crippen molar-refractivity contribution in [2.24, 2.45) is 5.92 Å². The van der Waals surface area contributed by atoms with Gasteiger partial charge in [-0.3, -0.25) is 4.79 Å². The summed E-state index contributed by atoms with van der Waals surface area (Å²) < 4.78 is 65.9. The summed E-state index contributed by atoms with van der Waals surface area (Å²) in [6.07, 6.45) is -0.433. The number of anilines is 1. The molecule has 1 aliphatic carbocycles. The van der Waals surface area contributed by atoms with Crippen LogP contribution < -0.4 is 5.32 Å². The van der Waals surface area contributed by atoms with E-state index >= 15 is 0 Å². The molecule has 33 heavy (non-hydrogen) atoms. The highest BCUT2D eigenvalue weighted by Crippen LogP contribution is 2.43. The molecule has 1 saturated carbocycles. The highest BCUT2D eigenvalue weighted by Gasteiger charge is 2.48. The summed E-state index contributed by atoms with van der Waals surface area (Å²) in [4.78, 5) is 15.3. The third-order valence-electron chi connectivity index (χ3n) is 5.78. The molecule has 10 heteroatoms. The van der Waals surface area contributed by atoms with Gasteiger partial charge >= 0.3 is 6.18 Å². The minimum absolute atomic E-state index is 0.442. The zero-order valence-electron chi connectivity index (χ0n) is 17.0. The Hall–Kier alpha value is -3.69. The first kappa shape index (κ1) is 21.2. The van der Waals surface area contributed by atoms with Crippen LogP contribution in [-0.2, 0) is 11.0 Å². The molecule has 5 nitrogen and oxygen atoms in total. The van der Waals surface area contributed by atoms with Gasteiger partial charge < -0.3 is 10.3 Å². The van der Waals surface area contributed by atoms with Crippen molar-refractivity contribution in [3.8, 4) is 16.8 Å². The van der Waals surface area contributed by atoms with Crippen molar-refractivity contribution in [2.45, 2.75) is 24.9 Å². The summed E-state index contributed by atoms with van der Waals surface area (Å²) in [5.74, 6) is -3.93. The van der Waals surface area contributed by atoms with E-state index in [4.69, 9.17) is 0 Å². The van der Waals surface area contributed by atoms with Crippen molar-refractivity contribution in [3.05, 3.63) is 66.6 Å². The molecule has 0 spiro atoms. The van der Waals surface area contributed by atoms with Crippen LogP contribution in [0.15, 0.2) is 61.1 Å². The summed E-state index contributed by atoms with van der Waals surface area (Å²) in [7, 11) is 0. The molecular weight excluding hydrogens is 443 g/mol. The summed E-state index contributed by atoms with van der Waals surface area (Å²) in [5.41, 5.74) is 2.46. The number of carbonyl (C=O) groups excluding carboxylic acids is 1. The second-order valence-corrected chi connectivity index (χ2v) is 8.13. The predicted octanol–water partition coefficient (Wildman–Crippen LogP) is 6.02. The molecule has 2 heterocycles. The standard InChI is InChI=1S/C23H17F5N4O/c24-22(25)8-14(9-22)21(33)31-20-11-29-19-6-1-13(7-18(19)20)15-10-30-32(12-15)17-4-2-16(3-5-17)23(26,27)28/h1-7,10-12,14,29H,8-9H2,(H,31,33). The molecule has 0 aliphatic heterocycles. The molecule has 1 aliphatic rings. The maximum absolute atomic E-state index is 13.1. The van der Waals surface area contributed by atoms with E-state index in [1.165, 1.54) is 16.8 Å². The maximum atomic E-state index is 13.1. The van der Waals surface area contributed by atoms with Gasteiger partial charge in [0.1, 0.15) is 0 Å². The lowest BCUT2D eigenvalue weighted by molar-refractivity contribution is -0.145. The van der Waals surface area contributed by atoms with Gasteiger partial charge in [-0.2, -0.15) is 18.3 Å². The molecule has 2 aromatic heterocycles. The number of amides is 1. The number of alkyl halides is 5. The Bertz CT molecular complexity index is 1330. The largest absolute Gasteiger partial charge is 0.416 e. The highest BCUT2D eigenvalue weighted by molar-refractivity contribution is 6.03. The van der Waals surface area contributed by atoms with Crippen molar-refractivity contribution in [1.29, 1.82) is 0 Å².